The van der Waals surface area contributed by atoms with Crippen LogP contribution in [0.2, 0.25) is 0 Å². The van der Waals surface area contributed by atoms with Crippen molar-refractivity contribution in [3.05, 3.63) is 0 Å². The van der Waals surface area contributed by atoms with Gasteiger partial charge in [-0.15, -0.1) is 0 Å². The molecule has 228 valence electrons. The molecule has 0 saturated carbocycles. The average molecular weight is 553 g/mol. The van der Waals surface area contributed by atoms with E-state index in [9.17, 15) is 24.0 Å². The SMILES string of the molecule is CC(=O)OC(C)C.CC(=O)OCC(C)C.CCC(C)OC(C)=O.CCCCOC(C)=O.CCCOC(C)=O. The Morgan fingerprint density at radius 1 is 0.553 bits per heavy atom. The van der Waals surface area contributed by atoms with Crippen molar-refractivity contribution in [1.82, 2.24) is 0 Å². The van der Waals surface area contributed by atoms with Gasteiger partial charge in [0.05, 0.1) is 32.0 Å². The number of ether oxygens (including phenoxy) is 5. The Hall–Kier alpha value is -2.65. The van der Waals surface area contributed by atoms with Crippen LogP contribution in [0.25, 0.3) is 0 Å². The molecule has 0 saturated heterocycles. The number of esters is 5. The van der Waals surface area contributed by atoms with Crippen LogP contribution in [0.4, 0.5) is 0 Å². The molecule has 1 unspecified atom stereocenters. The lowest BCUT2D eigenvalue weighted by atomic mass is 10.2. The highest BCUT2D eigenvalue weighted by Gasteiger charge is 1.99. The van der Waals surface area contributed by atoms with Crippen LogP contribution in [-0.2, 0) is 47.7 Å². The fourth-order valence-electron chi connectivity index (χ4n) is 1.59. The third-order valence-electron chi connectivity index (χ3n) is 3.28. The lowest BCUT2D eigenvalue weighted by molar-refractivity contribution is -0.146. The first kappa shape index (κ1) is 45.3. The van der Waals surface area contributed by atoms with Gasteiger partial charge in [-0.3, -0.25) is 24.0 Å². The molecule has 0 aromatic carbocycles. The van der Waals surface area contributed by atoms with Crippen LogP contribution in [-0.4, -0.2) is 61.9 Å². The van der Waals surface area contributed by atoms with Gasteiger partial charge < -0.3 is 23.7 Å². The van der Waals surface area contributed by atoms with Gasteiger partial charge in [-0.1, -0.05) is 41.0 Å². The van der Waals surface area contributed by atoms with Crippen molar-refractivity contribution in [3.8, 4) is 0 Å². The molecule has 0 rings (SSSR count). The van der Waals surface area contributed by atoms with E-state index in [-0.39, 0.29) is 42.1 Å². The third kappa shape index (κ3) is 76.6. The largest absolute Gasteiger partial charge is 0.466 e. The van der Waals surface area contributed by atoms with Crippen LogP contribution in [0, 0.1) is 5.92 Å². The second kappa shape index (κ2) is 34.4. The predicted molar refractivity (Wildman–Crippen MR) is 148 cm³/mol. The quantitative estimate of drug-likeness (QED) is 0.185. The second-order valence-electron chi connectivity index (χ2n) is 8.72. The Labute approximate surface area is 231 Å². The second-order valence-corrected chi connectivity index (χ2v) is 8.72. The first-order valence-electron chi connectivity index (χ1n) is 13.2. The maximum Gasteiger partial charge on any atom is 0.302 e. The molecule has 0 bridgehead atoms. The molecular formula is C28H56O10. The summed E-state index contributed by atoms with van der Waals surface area (Å²) in [5, 5.41) is 0. The van der Waals surface area contributed by atoms with Crippen molar-refractivity contribution in [2.45, 2.75) is 128 Å². The minimum Gasteiger partial charge on any atom is -0.466 e. The number of hydrogen-bond donors (Lipinski definition) is 0. The van der Waals surface area contributed by atoms with Gasteiger partial charge in [0, 0.05) is 34.6 Å². The highest BCUT2D eigenvalue weighted by molar-refractivity contribution is 5.67. The van der Waals surface area contributed by atoms with E-state index in [1.54, 1.807) is 0 Å². The molecule has 0 heterocycles. The average Bonchev–Trinajstić information content (AvgIpc) is 2.76. The van der Waals surface area contributed by atoms with Crippen LogP contribution < -0.4 is 0 Å². The van der Waals surface area contributed by atoms with Gasteiger partial charge in [-0.2, -0.15) is 0 Å². The summed E-state index contributed by atoms with van der Waals surface area (Å²) in [7, 11) is 0. The molecule has 10 heteroatoms. The summed E-state index contributed by atoms with van der Waals surface area (Å²) in [6.45, 7) is 24.3. The van der Waals surface area contributed by atoms with Gasteiger partial charge in [-0.05, 0) is 46.0 Å². The van der Waals surface area contributed by atoms with Crippen LogP contribution in [0.15, 0.2) is 0 Å². The van der Waals surface area contributed by atoms with Gasteiger partial charge in [0.15, 0.2) is 0 Å². The third-order valence-corrected chi connectivity index (χ3v) is 3.28. The van der Waals surface area contributed by atoms with E-state index in [1.165, 1.54) is 34.6 Å². The van der Waals surface area contributed by atoms with Crippen LogP contribution in [0.3, 0.4) is 0 Å². The van der Waals surface area contributed by atoms with Crippen molar-refractivity contribution < 1.29 is 47.7 Å². The molecule has 0 aliphatic rings. The van der Waals surface area contributed by atoms with E-state index in [4.69, 9.17) is 4.74 Å². The minimum atomic E-state index is -0.213. The standard InChI is InChI=1S/3C6H12O2.2C5H10O2/c1-5(2)4-8-6(3)7;1-4-5(2)8-6(3)7;1-3-4-5-8-6(2)7;1-4(2)7-5(3)6;1-3-4-7-5(2)6/h2*5H,4H2,1-3H3;3-5H2,1-2H3;4H,1-3H3;3-4H2,1-2H3. The Kier molecular flexibility index (Phi) is 40.9. The van der Waals surface area contributed by atoms with Gasteiger partial charge in [-0.25, -0.2) is 0 Å². The van der Waals surface area contributed by atoms with Crippen LogP contribution in [0.1, 0.15) is 116 Å². The molecule has 1 atom stereocenters. The molecule has 0 radical (unpaired) electrons. The summed E-state index contributed by atoms with van der Waals surface area (Å²) in [4.78, 5) is 50.4. The molecule has 0 fully saturated rings. The Balaban J connectivity index is -0.000000120. The fourth-order valence-corrected chi connectivity index (χ4v) is 1.59. The molecule has 0 aliphatic heterocycles. The van der Waals surface area contributed by atoms with Crippen molar-refractivity contribution in [2.75, 3.05) is 19.8 Å². The Bertz CT molecular complexity index is 586. The zero-order valence-corrected chi connectivity index (χ0v) is 26.3. The van der Waals surface area contributed by atoms with Crippen molar-refractivity contribution in [3.63, 3.8) is 0 Å². The van der Waals surface area contributed by atoms with E-state index < -0.39 is 0 Å². The molecule has 0 amide bonds. The molecule has 0 spiro atoms. The highest BCUT2D eigenvalue weighted by Crippen LogP contribution is 1.94. The highest BCUT2D eigenvalue weighted by atomic mass is 16.6. The molecule has 0 aromatic heterocycles. The van der Waals surface area contributed by atoms with Gasteiger partial charge in [0.1, 0.15) is 0 Å². The maximum absolute atomic E-state index is 10.2. The first-order valence-corrected chi connectivity index (χ1v) is 13.2. The number of rotatable bonds is 10. The summed E-state index contributed by atoms with van der Waals surface area (Å²) in [6.07, 6.45) is 3.94. The molecular weight excluding hydrogens is 496 g/mol. The zero-order chi connectivity index (χ0) is 31.1. The predicted octanol–water partition coefficient (Wildman–Crippen LogP) is 5.82. The van der Waals surface area contributed by atoms with E-state index in [2.05, 4.69) is 25.9 Å². The van der Waals surface area contributed by atoms with Crippen LogP contribution >= 0.6 is 0 Å². The van der Waals surface area contributed by atoms with E-state index in [0.717, 1.165) is 25.7 Å². The number of carbonyl (C=O) groups excluding carboxylic acids is 5. The smallest absolute Gasteiger partial charge is 0.302 e. The molecule has 0 aromatic rings. The minimum absolute atomic E-state index is 0.0255. The molecule has 38 heavy (non-hydrogen) atoms. The number of hydrogen-bond acceptors (Lipinski definition) is 10. The lowest BCUT2D eigenvalue weighted by Crippen LogP contribution is -2.09. The monoisotopic (exact) mass is 552 g/mol. The normalized spacial score (nSPS) is 9.76. The summed E-state index contributed by atoms with van der Waals surface area (Å²) in [5.41, 5.74) is 0. The fraction of sp³-hybridized carbons (Fsp3) is 0.821. The van der Waals surface area contributed by atoms with E-state index >= 15 is 0 Å². The van der Waals surface area contributed by atoms with E-state index in [1.807, 2.05) is 48.5 Å². The maximum atomic E-state index is 10.2. The lowest BCUT2D eigenvalue weighted by Gasteiger charge is -2.06. The summed E-state index contributed by atoms with van der Waals surface area (Å²) < 4.78 is 23.2. The zero-order valence-electron chi connectivity index (χ0n) is 26.3. The van der Waals surface area contributed by atoms with Crippen molar-refractivity contribution in [2.24, 2.45) is 5.92 Å². The first-order chi connectivity index (χ1) is 17.5. The molecule has 0 aliphatic carbocycles. The molecule has 10 nitrogen and oxygen atoms in total. The van der Waals surface area contributed by atoms with Crippen molar-refractivity contribution in [1.29, 1.82) is 0 Å². The topological polar surface area (TPSA) is 132 Å². The van der Waals surface area contributed by atoms with Crippen LogP contribution in [0.5, 0.6) is 0 Å². The number of unbranched alkanes of at least 4 members (excludes halogenated alkanes) is 1. The summed E-state index contributed by atoms with van der Waals surface area (Å²) >= 11 is 0. The summed E-state index contributed by atoms with van der Waals surface area (Å²) in [5.74, 6) is -0.535. The van der Waals surface area contributed by atoms with Gasteiger partial charge >= 0.3 is 29.8 Å². The number of carbonyl (C=O) groups is 5. The van der Waals surface area contributed by atoms with Gasteiger partial charge in [0.25, 0.3) is 0 Å². The summed E-state index contributed by atoms with van der Waals surface area (Å²) in [6, 6.07) is 0. The molecule has 0 N–H and O–H groups in total. The Morgan fingerprint density at radius 3 is 1.13 bits per heavy atom. The van der Waals surface area contributed by atoms with Gasteiger partial charge in [0.2, 0.25) is 0 Å². The van der Waals surface area contributed by atoms with E-state index in [0.29, 0.717) is 25.7 Å². The van der Waals surface area contributed by atoms with Crippen molar-refractivity contribution >= 4 is 29.8 Å². The Morgan fingerprint density at radius 2 is 0.974 bits per heavy atom.